The molecule has 0 spiro atoms. The van der Waals surface area contributed by atoms with Crippen LogP contribution in [-0.4, -0.2) is 62.2 Å². The first-order chi connectivity index (χ1) is 28.5. The van der Waals surface area contributed by atoms with Gasteiger partial charge >= 0.3 is 0 Å². The number of hydrogen-bond donors (Lipinski definition) is 2. The molecule has 294 valence electrons. The molecule has 0 radical (unpaired) electrons. The van der Waals surface area contributed by atoms with Gasteiger partial charge in [-0.25, -0.2) is 9.36 Å². The Morgan fingerprint density at radius 1 is 0.644 bits per heavy atom. The zero-order valence-corrected chi connectivity index (χ0v) is 35.2. The van der Waals surface area contributed by atoms with Crippen molar-refractivity contribution in [3.63, 3.8) is 0 Å². The summed E-state index contributed by atoms with van der Waals surface area (Å²) in [5.41, 5.74) is 7.57. The minimum atomic E-state index is -0.281. The highest BCUT2D eigenvalue weighted by molar-refractivity contribution is 9.10. The molecule has 0 fully saturated rings. The van der Waals surface area contributed by atoms with Crippen LogP contribution in [0.3, 0.4) is 0 Å². The highest BCUT2D eigenvalue weighted by Crippen LogP contribution is 2.28. The van der Waals surface area contributed by atoms with Crippen LogP contribution in [0.1, 0.15) is 43.5 Å². The largest absolute Gasteiger partial charge is 0.358 e. The van der Waals surface area contributed by atoms with Crippen molar-refractivity contribution < 1.29 is 9.59 Å². The number of aliphatic imine (C=N–C) groups is 1. The second kappa shape index (κ2) is 16.7. The normalized spacial score (nSPS) is 12.3. The maximum absolute atomic E-state index is 13.2. The molecule has 0 saturated heterocycles. The van der Waals surface area contributed by atoms with Crippen molar-refractivity contribution in [2.75, 3.05) is 30.8 Å². The van der Waals surface area contributed by atoms with E-state index in [1.165, 1.54) is 0 Å². The second-order valence-electron chi connectivity index (χ2n) is 14.5. The molecule has 0 unspecified atom stereocenters. The van der Waals surface area contributed by atoms with Gasteiger partial charge < -0.3 is 15.5 Å². The van der Waals surface area contributed by atoms with Crippen molar-refractivity contribution in [2.24, 2.45) is 4.99 Å². The highest BCUT2D eigenvalue weighted by atomic mass is 79.9. The number of benzene rings is 6. The van der Waals surface area contributed by atoms with Gasteiger partial charge in [-0.15, -0.1) is 0 Å². The first-order valence-electron chi connectivity index (χ1n) is 19.1. The maximum atomic E-state index is 13.2. The Bertz CT molecular complexity index is 2920. The van der Waals surface area contributed by atoms with Gasteiger partial charge in [-0.1, -0.05) is 87.7 Å². The Labute approximate surface area is 355 Å². The monoisotopic (exact) mass is 862 g/mol. The molecule has 0 saturated carbocycles. The van der Waals surface area contributed by atoms with E-state index >= 15 is 0 Å². The van der Waals surface area contributed by atoms with E-state index in [2.05, 4.69) is 64.9 Å². The number of nitrogens with one attached hydrogen (secondary N) is 2. The number of rotatable bonds is 7. The van der Waals surface area contributed by atoms with E-state index < -0.39 is 0 Å². The number of fused-ring (bicyclic) bond motifs is 2. The molecule has 0 atom stereocenters. The Morgan fingerprint density at radius 2 is 1.22 bits per heavy atom. The summed E-state index contributed by atoms with van der Waals surface area (Å²) in [6.07, 6.45) is 0. The summed E-state index contributed by atoms with van der Waals surface area (Å²) in [6.45, 7) is 7.44. The van der Waals surface area contributed by atoms with E-state index in [1.807, 2.05) is 131 Å². The van der Waals surface area contributed by atoms with Gasteiger partial charge in [-0.05, 0) is 121 Å². The van der Waals surface area contributed by atoms with E-state index in [0.29, 0.717) is 22.1 Å². The summed E-state index contributed by atoms with van der Waals surface area (Å²) in [6, 6.07) is 43.2. The number of halogens is 2. The fourth-order valence-electron chi connectivity index (χ4n) is 6.98. The molecule has 1 aliphatic heterocycles. The molecule has 0 bridgehead atoms. The van der Waals surface area contributed by atoms with Gasteiger partial charge in [0, 0.05) is 29.3 Å². The van der Waals surface area contributed by atoms with Crippen LogP contribution >= 0.6 is 27.5 Å². The Morgan fingerprint density at radius 3 is 1.85 bits per heavy atom. The molecule has 2 aromatic heterocycles. The van der Waals surface area contributed by atoms with E-state index in [1.54, 1.807) is 21.5 Å². The molecule has 9 rings (SSSR count). The first kappa shape index (κ1) is 39.3. The van der Waals surface area contributed by atoms with E-state index in [4.69, 9.17) is 11.6 Å². The molecule has 0 aliphatic carbocycles. The van der Waals surface area contributed by atoms with Gasteiger partial charge in [0.15, 0.2) is 0 Å². The lowest BCUT2D eigenvalue weighted by Gasteiger charge is -2.15. The molecule has 8 aromatic rings. The number of likely N-dealkylation sites (N-methyl/N-ethyl adjacent to an activating group) is 1. The van der Waals surface area contributed by atoms with Crippen molar-refractivity contribution in [3.8, 4) is 11.4 Å². The lowest BCUT2D eigenvalue weighted by molar-refractivity contribution is 0.101. The van der Waals surface area contributed by atoms with Crippen LogP contribution in [0.15, 0.2) is 143 Å². The van der Waals surface area contributed by atoms with E-state index in [0.717, 1.165) is 84.5 Å². The summed E-state index contributed by atoms with van der Waals surface area (Å²) >= 11 is 10.0. The third-order valence-electron chi connectivity index (χ3n) is 9.98. The molecular formula is C47H40BrClN8O2. The van der Waals surface area contributed by atoms with Crippen LogP contribution in [0, 0.1) is 20.8 Å². The van der Waals surface area contributed by atoms with Crippen molar-refractivity contribution in [2.45, 2.75) is 20.8 Å². The van der Waals surface area contributed by atoms with Gasteiger partial charge in [0.25, 0.3) is 11.8 Å². The standard InChI is InChI=1S/C25H21BrClN5O.C22H19N3O/c1-15-11-23(32(30-15)20-7-4-16-12-19(26)6-3-17(16)13-20)25(33)29-22-8-5-18(14-21(22)27)24-28-9-10-31(24)2;1-15-7-10-19(11-8-15)23-22(26)21-13-16(2)24-25(21)20-12-9-17-5-3-4-6-18(17)14-20/h3-8,11-14H,9-10H2,1-2H3,(H,29,33);3-14H,1-2H3,(H,23,26). The van der Waals surface area contributed by atoms with Gasteiger partial charge in [0.05, 0.1) is 40.0 Å². The molecule has 1 aliphatic rings. The number of aryl methyl sites for hydroxylation is 3. The predicted molar refractivity (Wildman–Crippen MR) is 242 cm³/mol. The van der Waals surface area contributed by atoms with Crippen LogP contribution < -0.4 is 10.6 Å². The van der Waals surface area contributed by atoms with Gasteiger partial charge in [0.2, 0.25) is 0 Å². The lowest BCUT2D eigenvalue weighted by Crippen LogP contribution is -2.23. The van der Waals surface area contributed by atoms with E-state index in [9.17, 15) is 9.59 Å². The first-order valence-corrected chi connectivity index (χ1v) is 20.2. The molecule has 6 aromatic carbocycles. The number of carbonyl (C=O) groups is 2. The van der Waals surface area contributed by atoms with Crippen molar-refractivity contribution >= 4 is 78.1 Å². The van der Waals surface area contributed by atoms with Crippen molar-refractivity contribution in [1.82, 2.24) is 24.5 Å². The average Bonchev–Trinajstić information content (AvgIpc) is 3.97. The zero-order chi connectivity index (χ0) is 41.2. The minimum absolute atomic E-state index is 0.178. The van der Waals surface area contributed by atoms with Crippen LogP contribution in [0.5, 0.6) is 0 Å². The molecular weight excluding hydrogens is 824 g/mol. The van der Waals surface area contributed by atoms with E-state index in [-0.39, 0.29) is 11.8 Å². The number of anilines is 2. The van der Waals surface area contributed by atoms with Gasteiger partial charge in [-0.2, -0.15) is 10.2 Å². The summed E-state index contributed by atoms with van der Waals surface area (Å²) < 4.78 is 4.38. The third-order valence-corrected chi connectivity index (χ3v) is 10.8. The zero-order valence-electron chi connectivity index (χ0n) is 32.9. The Hall–Kier alpha value is -6.56. The van der Waals surface area contributed by atoms with Crippen LogP contribution in [0.4, 0.5) is 11.4 Å². The fraction of sp³-hybridized carbons (Fsp3) is 0.128. The summed E-state index contributed by atoms with van der Waals surface area (Å²) in [5, 5.41) is 19.9. The molecule has 59 heavy (non-hydrogen) atoms. The molecule has 2 N–H and O–H groups in total. The van der Waals surface area contributed by atoms with Crippen molar-refractivity contribution in [3.05, 3.63) is 177 Å². The Balaban J connectivity index is 0.000000169. The molecule has 12 heteroatoms. The lowest BCUT2D eigenvalue weighted by atomic mass is 10.1. The second-order valence-corrected chi connectivity index (χ2v) is 15.8. The minimum Gasteiger partial charge on any atom is -0.358 e. The number of carbonyl (C=O) groups excluding carboxylic acids is 2. The summed E-state index contributed by atoms with van der Waals surface area (Å²) in [7, 11) is 2.00. The van der Waals surface area contributed by atoms with Crippen LogP contribution in [0.2, 0.25) is 5.02 Å². The maximum Gasteiger partial charge on any atom is 0.274 e. The summed E-state index contributed by atoms with van der Waals surface area (Å²) in [4.78, 5) is 32.6. The molecule has 3 heterocycles. The number of nitrogens with zero attached hydrogens (tertiary/aromatic N) is 6. The SMILES string of the molecule is Cc1cc(C(=O)Nc2ccc(C3=NCCN3C)cc2Cl)n(-c2ccc3cc(Br)ccc3c2)n1.Cc1ccc(NC(=O)c2cc(C)nn2-c2ccc3ccccc3c2)cc1. The fourth-order valence-corrected chi connectivity index (χ4v) is 7.58. The molecule has 10 nitrogen and oxygen atoms in total. The smallest absolute Gasteiger partial charge is 0.274 e. The van der Waals surface area contributed by atoms with Crippen LogP contribution in [0.25, 0.3) is 32.9 Å². The Kier molecular flexibility index (Phi) is 11.1. The summed E-state index contributed by atoms with van der Waals surface area (Å²) in [5.74, 6) is 0.450. The third kappa shape index (κ3) is 8.67. The van der Waals surface area contributed by atoms with Crippen molar-refractivity contribution in [1.29, 1.82) is 0 Å². The topological polar surface area (TPSA) is 109 Å². The average molecular weight is 864 g/mol. The molecule has 2 amide bonds. The predicted octanol–water partition coefficient (Wildman–Crippen LogP) is 10.6. The number of aromatic nitrogens is 4. The van der Waals surface area contributed by atoms with Gasteiger partial charge in [0.1, 0.15) is 17.2 Å². The number of amides is 2. The van der Waals surface area contributed by atoms with Crippen LogP contribution in [-0.2, 0) is 0 Å². The highest BCUT2D eigenvalue weighted by Gasteiger charge is 2.20. The number of hydrogen-bond acceptors (Lipinski definition) is 6. The number of amidine groups is 1. The quantitative estimate of drug-likeness (QED) is 0.166. The van der Waals surface area contributed by atoms with Gasteiger partial charge in [-0.3, -0.25) is 14.6 Å².